The number of nitrogens with zero attached hydrogens (tertiary/aromatic N) is 5. The van der Waals surface area contributed by atoms with Crippen LogP contribution >= 0.6 is 11.3 Å². The number of phenolic OH excluding ortho intramolecular Hbond substituents is 1. The minimum atomic E-state index is -0.367. The van der Waals surface area contributed by atoms with E-state index >= 15 is 0 Å². The van der Waals surface area contributed by atoms with Gasteiger partial charge in [0.15, 0.2) is 5.82 Å². The minimum absolute atomic E-state index is 0.0354. The lowest BCUT2D eigenvalue weighted by atomic mass is 10.1. The second-order valence-electron chi connectivity index (χ2n) is 7.73. The fraction of sp³-hybridized carbons (Fsp3) is 0.167. The number of para-hydroxylation sites is 1. The van der Waals surface area contributed by atoms with Gasteiger partial charge in [0.25, 0.3) is 11.8 Å². The summed E-state index contributed by atoms with van der Waals surface area (Å²) >= 11 is 1.46. The third kappa shape index (κ3) is 4.15. The monoisotopic (exact) mass is 477 g/mol. The average molecular weight is 478 g/mol. The van der Waals surface area contributed by atoms with Crippen molar-refractivity contribution in [2.45, 2.75) is 0 Å². The van der Waals surface area contributed by atoms with Crippen molar-refractivity contribution in [2.24, 2.45) is 0 Å². The molecule has 2 aromatic heterocycles. The molecular formula is C24H20FN5O3S. The number of carbonyl (C=O) groups excluding carboxylic acids is 2. The van der Waals surface area contributed by atoms with E-state index in [1.165, 1.54) is 34.2 Å². The van der Waals surface area contributed by atoms with Gasteiger partial charge in [-0.15, -0.1) is 16.4 Å². The van der Waals surface area contributed by atoms with Crippen LogP contribution in [0.2, 0.25) is 0 Å². The highest BCUT2D eigenvalue weighted by Gasteiger charge is 2.29. The van der Waals surface area contributed by atoms with Gasteiger partial charge < -0.3 is 14.9 Å². The van der Waals surface area contributed by atoms with Crippen LogP contribution in [0.15, 0.2) is 66.0 Å². The molecule has 1 saturated heterocycles. The SMILES string of the molecule is O=C(c1nc(-c2cccs2)n(-c2ccc(F)cc2)n1)N1CCN(C(=O)c2ccccc2O)CC1. The highest BCUT2D eigenvalue weighted by molar-refractivity contribution is 7.13. The normalized spacial score (nSPS) is 13.8. The zero-order valence-electron chi connectivity index (χ0n) is 18.0. The van der Waals surface area contributed by atoms with E-state index in [9.17, 15) is 19.1 Å². The lowest BCUT2D eigenvalue weighted by Crippen LogP contribution is -2.50. The number of halogens is 1. The van der Waals surface area contributed by atoms with Gasteiger partial charge in [0.1, 0.15) is 11.6 Å². The molecule has 34 heavy (non-hydrogen) atoms. The first-order chi connectivity index (χ1) is 16.5. The summed E-state index contributed by atoms with van der Waals surface area (Å²) in [6.07, 6.45) is 0. The number of hydrogen-bond acceptors (Lipinski definition) is 6. The van der Waals surface area contributed by atoms with Crippen LogP contribution in [0.4, 0.5) is 4.39 Å². The lowest BCUT2D eigenvalue weighted by Gasteiger charge is -2.34. The summed E-state index contributed by atoms with van der Waals surface area (Å²) in [7, 11) is 0. The maximum atomic E-state index is 13.4. The molecule has 1 aliphatic heterocycles. The summed E-state index contributed by atoms with van der Waals surface area (Å²) in [5.41, 5.74) is 0.831. The number of hydrogen-bond donors (Lipinski definition) is 1. The van der Waals surface area contributed by atoms with E-state index in [1.54, 1.807) is 40.1 Å². The molecule has 0 aliphatic carbocycles. The van der Waals surface area contributed by atoms with Crippen molar-refractivity contribution in [2.75, 3.05) is 26.2 Å². The molecule has 0 saturated carbocycles. The first kappa shape index (κ1) is 21.8. The van der Waals surface area contributed by atoms with Gasteiger partial charge >= 0.3 is 0 Å². The molecule has 172 valence electrons. The van der Waals surface area contributed by atoms with Crippen molar-refractivity contribution in [1.29, 1.82) is 0 Å². The first-order valence-electron chi connectivity index (χ1n) is 10.6. The third-order valence-corrected chi connectivity index (χ3v) is 6.47. The Morgan fingerprint density at radius 2 is 1.56 bits per heavy atom. The van der Waals surface area contributed by atoms with E-state index < -0.39 is 0 Å². The van der Waals surface area contributed by atoms with Crippen LogP contribution in [0.25, 0.3) is 16.4 Å². The Balaban J connectivity index is 1.35. The highest BCUT2D eigenvalue weighted by atomic mass is 32.1. The minimum Gasteiger partial charge on any atom is -0.507 e. The smallest absolute Gasteiger partial charge is 0.293 e. The van der Waals surface area contributed by atoms with E-state index in [0.29, 0.717) is 37.7 Å². The zero-order chi connectivity index (χ0) is 23.7. The van der Waals surface area contributed by atoms with Gasteiger partial charge in [-0.25, -0.2) is 14.1 Å². The zero-order valence-corrected chi connectivity index (χ0v) is 18.8. The fourth-order valence-electron chi connectivity index (χ4n) is 3.81. The largest absolute Gasteiger partial charge is 0.507 e. The second kappa shape index (κ2) is 9.06. The highest BCUT2D eigenvalue weighted by Crippen LogP contribution is 2.26. The molecule has 4 aromatic rings. The van der Waals surface area contributed by atoms with Crippen LogP contribution in [0.5, 0.6) is 5.75 Å². The van der Waals surface area contributed by atoms with Crippen LogP contribution in [0.1, 0.15) is 21.0 Å². The van der Waals surface area contributed by atoms with Crippen LogP contribution in [0, 0.1) is 5.82 Å². The van der Waals surface area contributed by atoms with E-state index in [0.717, 1.165) is 4.88 Å². The van der Waals surface area contributed by atoms with Crippen LogP contribution < -0.4 is 0 Å². The van der Waals surface area contributed by atoms with Crippen LogP contribution in [-0.2, 0) is 0 Å². The topological polar surface area (TPSA) is 91.6 Å². The van der Waals surface area contributed by atoms with E-state index in [2.05, 4.69) is 10.1 Å². The number of aromatic nitrogens is 3. The summed E-state index contributed by atoms with van der Waals surface area (Å²) < 4.78 is 15.0. The van der Waals surface area contributed by atoms with Crippen molar-refractivity contribution >= 4 is 23.2 Å². The van der Waals surface area contributed by atoms with Crippen molar-refractivity contribution in [1.82, 2.24) is 24.6 Å². The second-order valence-corrected chi connectivity index (χ2v) is 8.67. The number of thiophene rings is 1. The predicted molar refractivity (Wildman–Crippen MR) is 125 cm³/mol. The molecule has 2 aromatic carbocycles. The predicted octanol–water partition coefficient (Wildman–Crippen LogP) is 3.44. The maximum Gasteiger partial charge on any atom is 0.293 e. The lowest BCUT2D eigenvalue weighted by molar-refractivity contribution is 0.0527. The fourth-order valence-corrected chi connectivity index (χ4v) is 4.51. The van der Waals surface area contributed by atoms with Gasteiger partial charge in [-0.2, -0.15) is 0 Å². The molecule has 0 atom stereocenters. The molecule has 0 bridgehead atoms. The standard InChI is InChI=1S/C24H20FN5O3S/c25-16-7-9-17(10-8-16)30-22(20-6-3-15-34-20)26-21(27-30)24(33)29-13-11-28(12-14-29)23(32)18-4-1-2-5-19(18)31/h1-10,15,31H,11-14H2. The summed E-state index contributed by atoms with van der Waals surface area (Å²) in [6, 6.07) is 16.0. The van der Waals surface area contributed by atoms with Crippen LogP contribution in [-0.4, -0.2) is 67.7 Å². The molecule has 1 N–H and O–H groups in total. The van der Waals surface area contributed by atoms with Gasteiger partial charge in [0, 0.05) is 26.2 Å². The maximum absolute atomic E-state index is 13.4. The summed E-state index contributed by atoms with van der Waals surface area (Å²) in [6.45, 7) is 1.29. The Morgan fingerprint density at radius 1 is 0.882 bits per heavy atom. The van der Waals surface area contributed by atoms with Crippen molar-refractivity contribution in [3.05, 3.63) is 83.2 Å². The van der Waals surface area contributed by atoms with E-state index in [-0.39, 0.29) is 34.8 Å². The Kier molecular flexibility index (Phi) is 5.81. The molecule has 8 nitrogen and oxygen atoms in total. The molecule has 1 aliphatic rings. The van der Waals surface area contributed by atoms with Crippen LogP contribution in [0.3, 0.4) is 0 Å². The molecular weight excluding hydrogens is 457 g/mol. The molecule has 0 radical (unpaired) electrons. The summed E-state index contributed by atoms with van der Waals surface area (Å²) in [5, 5.41) is 16.3. The number of carbonyl (C=O) groups is 2. The van der Waals surface area contributed by atoms with Gasteiger partial charge in [-0.1, -0.05) is 18.2 Å². The Morgan fingerprint density at radius 3 is 2.21 bits per heavy atom. The molecule has 3 heterocycles. The molecule has 1 fully saturated rings. The number of phenols is 1. The van der Waals surface area contributed by atoms with Crippen molar-refractivity contribution in [3.8, 4) is 22.1 Å². The number of piperazine rings is 1. The van der Waals surface area contributed by atoms with Gasteiger partial charge in [0.2, 0.25) is 5.82 Å². The van der Waals surface area contributed by atoms with Gasteiger partial charge in [0.05, 0.1) is 16.1 Å². The Bertz CT molecular complexity index is 1330. The van der Waals surface area contributed by atoms with Crippen molar-refractivity contribution in [3.63, 3.8) is 0 Å². The molecule has 0 spiro atoms. The summed E-state index contributed by atoms with van der Waals surface area (Å²) in [4.78, 5) is 34.5. The Hall–Kier alpha value is -4.05. The number of rotatable bonds is 4. The average Bonchev–Trinajstić information content (AvgIpc) is 3.54. The number of benzene rings is 2. The molecule has 2 amide bonds. The Labute approximate surface area is 198 Å². The number of aromatic hydroxyl groups is 1. The van der Waals surface area contributed by atoms with E-state index in [1.807, 2.05) is 17.5 Å². The molecule has 0 unspecified atom stereocenters. The third-order valence-electron chi connectivity index (χ3n) is 5.60. The quantitative estimate of drug-likeness (QED) is 0.486. The van der Waals surface area contributed by atoms with Gasteiger partial charge in [-0.05, 0) is 47.8 Å². The van der Waals surface area contributed by atoms with Gasteiger partial charge in [-0.3, -0.25) is 9.59 Å². The number of amides is 2. The molecule has 5 rings (SSSR count). The van der Waals surface area contributed by atoms with Crippen molar-refractivity contribution < 1.29 is 19.1 Å². The first-order valence-corrected chi connectivity index (χ1v) is 11.5. The molecule has 10 heteroatoms. The van der Waals surface area contributed by atoms with E-state index in [4.69, 9.17) is 0 Å². The summed E-state index contributed by atoms with van der Waals surface area (Å²) in [5.74, 6) is -0.513.